The molecule has 0 fully saturated rings. The van der Waals surface area contributed by atoms with E-state index in [1.807, 2.05) is 48.7 Å². The van der Waals surface area contributed by atoms with Crippen LogP contribution < -0.4 is 4.90 Å². The third-order valence-electron chi connectivity index (χ3n) is 10.8. The van der Waals surface area contributed by atoms with Crippen molar-refractivity contribution in [2.45, 2.75) is 58.8 Å². The molecule has 0 saturated heterocycles. The Balaban J connectivity index is 0.00000544. The van der Waals surface area contributed by atoms with E-state index in [0.717, 1.165) is 68.3 Å². The van der Waals surface area contributed by atoms with Gasteiger partial charge in [0.1, 0.15) is 11.6 Å². The van der Waals surface area contributed by atoms with Crippen molar-refractivity contribution in [2.24, 2.45) is 0 Å². The van der Waals surface area contributed by atoms with Crippen LogP contribution in [0.25, 0.3) is 44.8 Å². The summed E-state index contributed by atoms with van der Waals surface area (Å²) in [4.78, 5) is 12.4. The molecule has 5 heteroatoms. The van der Waals surface area contributed by atoms with E-state index in [4.69, 9.17) is 9.97 Å². The first-order valence-corrected chi connectivity index (χ1v) is 20.3. The summed E-state index contributed by atoms with van der Waals surface area (Å²) >= 11 is 0. The van der Waals surface area contributed by atoms with Crippen LogP contribution in [0.1, 0.15) is 63.8 Å². The van der Waals surface area contributed by atoms with E-state index in [2.05, 4.69) is 180 Å². The van der Waals surface area contributed by atoms with Crippen molar-refractivity contribution in [1.82, 2.24) is 9.97 Å². The third-order valence-corrected chi connectivity index (χ3v) is 10.8. The number of para-hydroxylation sites is 1. The monoisotopic (exact) mass is 963 g/mol. The first kappa shape index (κ1) is 42.0. The predicted molar refractivity (Wildman–Crippen MR) is 246 cm³/mol. The van der Waals surface area contributed by atoms with Crippen LogP contribution in [0.5, 0.6) is 5.75 Å². The van der Waals surface area contributed by atoms with Crippen molar-refractivity contribution >= 4 is 17.2 Å². The van der Waals surface area contributed by atoms with Crippen LogP contribution in [0.2, 0.25) is 0 Å². The molecule has 2 heterocycles. The van der Waals surface area contributed by atoms with E-state index in [-0.39, 0.29) is 37.6 Å². The van der Waals surface area contributed by atoms with Crippen LogP contribution in [-0.4, -0.2) is 15.1 Å². The van der Waals surface area contributed by atoms with Gasteiger partial charge >= 0.3 is 0 Å². The largest absolute Gasteiger partial charge is 0.507 e. The molecule has 60 heavy (non-hydrogen) atoms. The Bertz CT molecular complexity index is 2650. The molecular weight excluding hydrogens is 914 g/mol. The second-order valence-electron chi connectivity index (χ2n) is 17.3. The van der Waals surface area contributed by atoms with E-state index in [1.165, 1.54) is 11.1 Å². The number of hydrogen-bond donors (Lipinski definition) is 1. The number of benzene rings is 6. The summed E-state index contributed by atoms with van der Waals surface area (Å²) in [6.45, 7) is 13.1. The Hall–Kier alpha value is -6.09. The molecule has 0 atom stereocenters. The van der Waals surface area contributed by atoms with Crippen molar-refractivity contribution in [2.75, 3.05) is 4.90 Å². The molecule has 302 valence electrons. The van der Waals surface area contributed by atoms with E-state index < -0.39 is 0 Å². The molecule has 0 spiro atoms. The SMILES string of the molecule is CC(C)(C)c1cc(-c2cc(-c3ccccc3)cc(-c3[c-]c(N(c4ccccc4)c4ccccn4)cc(-c4ccc(Cc5ccccc5)cc4)c3)n2)c(O)c(C(C)(C)C)c1.[Pt]. The van der Waals surface area contributed by atoms with Gasteiger partial charge < -0.3 is 10.0 Å². The summed E-state index contributed by atoms with van der Waals surface area (Å²) in [7, 11) is 0. The molecule has 4 nitrogen and oxygen atoms in total. The van der Waals surface area contributed by atoms with Gasteiger partial charge in [-0.25, -0.2) is 4.98 Å². The maximum absolute atomic E-state index is 12.1. The van der Waals surface area contributed by atoms with Crippen LogP contribution in [0.3, 0.4) is 0 Å². The third kappa shape index (κ3) is 9.36. The molecule has 0 saturated carbocycles. The summed E-state index contributed by atoms with van der Waals surface area (Å²) < 4.78 is 0. The zero-order valence-electron chi connectivity index (χ0n) is 35.1. The number of pyridine rings is 2. The van der Waals surface area contributed by atoms with Crippen LogP contribution in [0.4, 0.5) is 17.2 Å². The van der Waals surface area contributed by atoms with Crippen molar-refractivity contribution in [1.29, 1.82) is 0 Å². The molecule has 0 aliphatic carbocycles. The number of rotatable bonds is 9. The number of aromatic nitrogens is 2. The topological polar surface area (TPSA) is 49.2 Å². The Morgan fingerprint density at radius 2 is 1.13 bits per heavy atom. The van der Waals surface area contributed by atoms with Crippen LogP contribution in [0, 0.1) is 6.07 Å². The Labute approximate surface area is 369 Å². The van der Waals surface area contributed by atoms with Crippen LogP contribution >= 0.6 is 0 Å². The van der Waals surface area contributed by atoms with Crippen LogP contribution in [0.15, 0.2) is 176 Å². The van der Waals surface area contributed by atoms with Gasteiger partial charge in [0.05, 0.1) is 5.69 Å². The second-order valence-corrected chi connectivity index (χ2v) is 17.3. The maximum Gasteiger partial charge on any atom is 0.136 e. The first-order chi connectivity index (χ1) is 28.4. The Morgan fingerprint density at radius 1 is 0.550 bits per heavy atom. The van der Waals surface area contributed by atoms with E-state index in [0.29, 0.717) is 11.3 Å². The van der Waals surface area contributed by atoms with E-state index in [1.54, 1.807) is 0 Å². The molecule has 1 N–H and O–H groups in total. The average molecular weight is 964 g/mol. The molecule has 0 amide bonds. The standard InChI is InChI=1S/C55H50N3O.Pt/c1-54(2,3)45-36-48(53(59)49(37-45)55(4,5)6)51-35-43(40-20-12-8-13-21-40)34-50(57-51)44-31-42(41-27-25-39(26-28-41)30-38-18-10-7-11-19-38)32-47(33-44)58(46-22-14-9-15-23-46)52-24-16-17-29-56-52;/h7-29,31-32,34-37,59H,30H2,1-6H3;/q-1;. The molecule has 0 aliphatic rings. The minimum atomic E-state index is -0.292. The fraction of sp³-hybridized carbons (Fsp3) is 0.164. The minimum Gasteiger partial charge on any atom is -0.507 e. The number of aromatic hydroxyl groups is 1. The molecule has 0 unspecified atom stereocenters. The summed E-state index contributed by atoms with van der Waals surface area (Å²) in [5.41, 5.74) is 13.1. The van der Waals surface area contributed by atoms with Crippen molar-refractivity contribution in [3.05, 3.63) is 204 Å². The molecular formula is C55H50N3OPt-. The van der Waals surface area contributed by atoms with Crippen LogP contribution in [-0.2, 0) is 38.3 Å². The summed E-state index contributed by atoms with van der Waals surface area (Å²) in [5.74, 6) is 1.04. The van der Waals surface area contributed by atoms with Gasteiger partial charge in [0.15, 0.2) is 0 Å². The zero-order chi connectivity index (χ0) is 41.1. The molecule has 6 aromatic carbocycles. The molecule has 0 bridgehead atoms. The van der Waals surface area contributed by atoms with Gasteiger partial charge in [0, 0.05) is 44.1 Å². The molecule has 2 aromatic heterocycles. The van der Waals surface area contributed by atoms with Gasteiger partial charge in [-0.05, 0) is 98.4 Å². The predicted octanol–water partition coefficient (Wildman–Crippen LogP) is 14.3. The summed E-state index contributed by atoms with van der Waals surface area (Å²) in [6, 6.07) is 62.8. The second kappa shape index (κ2) is 17.6. The fourth-order valence-corrected chi connectivity index (χ4v) is 7.52. The maximum atomic E-state index is 12.1. The minimum absolute atomic E-state index is 0. The molecule has 8 rings (SSSR count). The zero-order valence-corrected chi connectivity index (χ0v) is 37.3. The van der Waals surface area contributed by atoms with Gasteiger partial charge in [-0.1, -0.05) is 168 Å². The van der Waals surface area contributed by atoms with E-state index >= 15 is 0 Å². The number of nitrogens with zero attached hydrogens (tertiary/aromatic N) is 3. The van der Waals surface area contributed by atoms with Crippen molar-refractivity contribution in [3.8, 4) is 50.5 Å². The Morgan fingerprint density at radius 3 is 1.77 bits per heavy atom. The normalized spacial score (nSPS) is 11.5. The number of hydrogen-bond acceptors (Lipinski definition) is 4. The molecule has 0 aliphatic heterocycles. The number of phenolic OH excluding ortho intramolecular Hbond substituents is 1. The van der Waals surface area contributed by atoms with Gasteiger partial charge in [-0.2, -0.15) is 0 Å². The summed E-state index contributed by atoms with van der Waals surface area (Å²) in [6.07, 6.45) is 2.68. The quantitative estimate of drug-likeness (QED) is 0.146. The first-order valence-electron chi connectivity index (χ1n) is 20.3. The smallest absolute Gasteiger partial charge is 0.136 e. The van der Waals surface area contributed by atoms with Gasteiger partial charge in [0.2, 0.25) is 0 Å². The summed E-state index contributed by atoms with van der Waals surface area (Å²) in [5, 5.41) is 12.1. The van der Waals surface area contributed by atoms with Crippen molar-refractivity contribution < 1.29 is 26.2 Å². The number of anilines is 3. The Kier molecular flexibility index (Phi) is 12.4. The van der Waals surface area contributed by atoms with Gasteiger partial charge in [0.25, 0.3) is 0 Å². The van der Waals surface area contributed by atoms with Gasteiger partial charge in [-0.3, -0.25) is 4.98 Å². The average Bonchev–Trinajstić information content (AvgIpc) is 3.24. The van der Waals surface area contributed by atoms with Crippen molar-refractivity contribution in [3.63, 3.8) is 0 Å². The molecule has 8 aromatic rings. The molecule has 0 radical (unpaired) electrons. The fourth-order valence-electron chi connectivity index (χ4n) is 7.52. The van der Waals surface area contributed by atoms with E-state index in [9.17, 15) is 5.11 Å². The van der Waals surface area contributed by atoms with Gasteiger partial charge in [-0.15, -0.1) is 23.8 Å². The number of phenols is 1.